The number of ketones is 1. The number of aromatic nitrogens is 2. The van der Waals surface area contributed by atoms with Crippen LogP contribution in [0.3, 0.4) is 0 Å². The Morgan fingerprint density at radius 3 is 2.18 bits per heavy atom. The van der Waals surface area contributed by atoms with Crippen LogP contribution in [-0.2, 0) is 5.41 Å². The van der Waals surface area contributed by atoms with Crippen LogP contribution < -0.4 is 4.74 Å². The molecule has 0 fully saturated rings. The van der Waals surface area contributed by atoms with Crippen molar-refractivity contribution >= 4 is 11.9 Å². The number of carbonyl (C=O) groups is 1. The Bertz CT molecular complexity index is 1260. The SMILES string of the molecule is COc1ccc(-c2nn(-c3ccccc3)cc2C=CC(=O)c2ccc(C(C)(C)C)cc2)cc1. The number of methoxy groups -OCH3 is 1. The van der Waals surface area contributed by atoms with Crippen LogP contribution in [0.1, 0.15) is 42.3 Å². The minimum absolute atomic E-state index is 0.0383. The molecule has 0 bridgehead atoms. The van der Waals surface area contributed by atoms with Gasteiger partial charge < -0.3 is 4.74 Å². The fourth-order valence-corrected chi connectivity index (χ4v) is 3.59. The van der Waals surface area contributed by atoms with E-state index in [1.807, 2.05) is 95.8 Å². The second-order valence-corrected chi connectivity index (χ2v) is 8.97. The third kappa shape index (κ3) is 5.12. The van der Waals surface area contributed by atoms with Crippen LogP contribution in [0.2, 0.25) is 0 Å². The number of benzene rings is 3. The molecule has 0 aliphatic rings. The molecule has 0 aliphatic heterocycles. The van der Waals surface area contributed by atoms with E-state index in [0.29, 0.717) is 5.56 Å². The maximum Gasteiger partial charge on any atom is 0.185 e. The van der Waals surface area contributed by atoms with E-state index in [4.69, 9.17) is 9.84 Å². The summed E-state index contributed by atoms with van der Waals surface area (Å²) in [6.07, 6.45) is 5.40. The number of carbonyl (C=O) groups excluding carboxylic acids is 1. The Morgan fingerprint density at radius 1 is 0.909 bits per heavy atom. The molecule has 4 nitrogen and oxygen atoms in total. The lowest BCUT2D eigenvalue weighted by Crippen LogP contribution is -2.11. The lowest BCUT2D eigenvalue weighted by Gasteiger charge is -2.18. The summed E-state index contributed by atoms with van der Waals surface area (Å²) >= 11 is 0. The molecule has 0 saturated carbocycles. The predicted octanol–water partition coefficient (Wildman–Crippen LogP) is 6.74. The lowest BCUT2D eigenvalue weighted by molar-refractivity contribution is 0.104. The van der Waals surface area contributed by atoms with Crippen molar-refractivity contribution < 1.29 is 9.53 Å². The van der Waals surface area contributed by atoms with Gasteiger partial charge in [0.25, 0.3) is 0 Å². The first-order chi connectivity index (χ1) is 15.8. The maximum atomic E-state index is 12.9. The summed E-state index contributed by atoms with van der Waals surface area (Å²) in [7, 11) is 1.65. The highest BCUT2D eigenvalue weighted by molar-refractivity contribution is 6.07. The molecule has 0 radical (unpaired) electrons. The Kier molecular flexibility index (Phi) is 6.27. The molecule has 1 heterocycles. The van der Waals surface area contributed by atoms with Gasteiger partial charge >= 0.3 is 0 Å². The second kappa shape index (κ2) is 9.29. The van der Waals surface area contributed by atoms with Gasteiger partial charge in [0.2, 0.25) is 0 Å². The Balaban J connectivity index is 1.67. The monoisotopic (exact) mass is 436 g/mol. The quantitative estimate of drug-likeness (QED) is 0.248. The zero-order valence-electron chi connectivity index (χ0n) is 19.4. The first kappa shape index (κ1) is 22.3. The Labute approximate surface area is 195 Å². The van der Waals surface area contributed by atoms with E-state index >= 15 is 0 Å². The highest BCUT2D eigenvalue weighted by Crippen LogP contribution is 2.27. The summed E-state index contributed by atoms with van der Waals surface area (Å²) in [5, 5.41) is 4.81. The van der Waals surface area contributed by atoms with Gasteiger partial charge in [0.1, 0.15) is 5.75 Å². The molecule has 33 heavy (non-hydrogen) atoms. The molecular weight excluding hydrogens is 408 g/mol. The average molecular weight is 437 g/mol. The standard InChI is InChI=1S/C29H28N2O2/c1-29(2,3)24-15-10-21(11-16-24)27(32)19-14-23-20-31(25-8-6-5-7-9-25)30-28(23)22-12-17-26(33-4)18-13-22/h5-20H,1-4H3. The van der Waals surface area contributed by atoms with Crippen molar-refractivity contribution in [2.24, 2.45) is 0 Å². The lowest BCUT2D eigenvalue weighted by atomic mass is 9.86. The number of nitrogens with zero attached hydrogens (tertiary/aromatic N) is 2. The molecule has 0 unspecified atom stereocenters. The fourth-order valence-electron chi connectivity index (χ4n) is 3.59. The van der Waals surface area contributed by atoms with Crippen molar-refractivity contribution in [1.82, 2.24) is 9.78 Å². The van der Waals surface area contributed by atoms with E-state index in [9.17, 15) is 4.79 Å². The van der Waals surface area contributed by atoms with Crippen molar-refractivity contribution in [3.8, 4) is 22.7 Å². The minimum Gasteiger partial charge on any atom is -0.497 e. The molecule has 4 aromatic rings. The van der Waals surface area contributed by atoms with Crippen molar-refractivity contribution in [3.63, 3.8) is 0 Å². The number of rotatable bonds is 6. The van der Waals surface area contributed by atoms with E-state index in [1.54, 1.807) is 13.2 Å². The van der Waals surface area contributed by atoms with Gasteiger partial charge in [-0.2, -0.15) is 5.10 Å². The van der Waals surface area contributed by atoms with Crippen LogP contribution in [0.15, 0.2) is 91.1 Å². The number of allylic oxidation sites excluding steroid dienone is 1. The minimum atomic E-state index is -0.0383. The second-order valence-electron chi connectivity index (χ2n) is 8.97. The van der Waals surface area contributed by atoms with E-state index < -0.39 is 0 Å². The molecule has 0 amide bonds. The van der Waals surface area contributed by atoms with Crippen LogP contribution in [0.5, 0.6) is 5.75 Å². The highest BCUT2D eigenvalue weighted by atomic mass is 16.5. The molecule has 166 valence electrons. The van der Waals surface area contributed by atoms with Gasteiger partial charge in [-0.05, 0) is 59.5 Å². The number of hydrogen-bond acceptors (Lipinski definition) is 3. The van der Waals surface area contributed by atoms with Gasteiger partial charge in [0.15, 0.2) is 5.78 Å². The third-order valence-electron chi connectivity index (χ3n) is 5.58. The van der Waals surface area contributed by atoms with Crippen molar-refractivity contribution in [2.45, 2.75) is 26.2 Å². The molecule has 4 rings (SSSR count). The molecule has 0 N–H and O–H groups in total. The molecule has 0 spiro atoms. The molecule has 0 aliphatic carbocycles. The smallest absolute Gasteiger partial charge is 0.185 e. The van der Waals surface area contributed by atoms with Gasteiger partial charge in [0.05, 0.1) is 18.5 Å². The average Bonchev–Trinajstić information content (AvgIpc) is 3.27. The van der Waals surface area contributed by atoms with Gasteiger partial charge in [-0.15, -0.1) is 0 Å². The maximum absolute atomic E-state index is 12.9. The Morgan fingerprint density at radius 2 is 1.58 bits per heavy atom. The highest BCUT2D eigenvalue weighted by Gasteiger charge is 2.14. The molecular formula is C29H28N2O2. The number of ether oxygens (including phenoxy) is 1. The first-order valence-corrected chi connectivity index (χ1v) is 11.0. The largest absolute Gasteiger partial charge is 0.497 e. The van der Waals surface area contributed by atoms with Crippen LogP contribution in [0.4, 0.5) is 0 Å². The predicted molar refractivity (Wildman–Crippen MR) is 134 cm³/mol. The zero-order chi connectivity index (χ0) is 23.4. The van der Waals surface area contributed by atoms with Gasteiger partial charge in [-0.1, -0.05) is 63.2 Å². The molecule has 1 aromatic heterocycles. The molecule has 0 saturated heterocycles. The van der Waals surface area contributed by atoms with Crippen LogP contribution >= 0.6 is 0 Å². The van der Waals surface area contributed by atoms with Crippen LogP contribution in [0.25, 0.3) is 23.0 Å². The zero-order valence-corrected chi connectivity index (χ0v) is 19.4. The van der Waals surface area contributed by atoms with Crippen molar-refractivity contribution in [3.05, 3.63) is 108 Å². The van der Waals surface area contributed by atoms with Gasteiger partial charge in [0, 0.05) is 22.9 Å². The van der Waals surface area contributed by atoms with E-state index in [0.717, 1.165) is 28.3 Å². The summed E-state index contributed by atoms with van der Waals surface area (Å²) < 4.78 is 7.12. The van der Waals surface area contributed by atoms with Crippen molar-refractivity contribution in [1.29, 1.82) is 0 Å². The number of para-hydroxylation sites is 1. The summed E-state index contributed by atoms with van der Waals surface area (Å²) in [5.41, 5.74) is 5.49. The van der Waals surface area contributed by atoms with Crippen LogP contribution in [0, 0.1) is 0 Å². The summed E-state index contributed by atoms with van der Waals surface area (Å²) in [4.78, 5) is 12.9. The molecule has 0 atom stereocenters. The molecule has 3 aromatic carbocycles. The van der Waals surface area contributed by atoms with E-state index in [-0.39, 0.29) is 11.2 Å². The Hall–Kier alpha value is -3.92. The fraction of sp³-hybridized carbons (Fsp3) is 0.172. The topological polar surface area (TPSA) is 44.1 Å². The number of hydrogen-bond donors (Lipinski definition) is 0. The first-order valence-electron chi connectivity index (χ1n) is 11.0. The van der Waals surface area contributed by atoms with Gasteiger partial charge in [-0.25, -0.2) is 4.68 Å². The summed E-state index contributed by atoms with van der Waals surface area (Å²) in [6, 6.07) is 25.5. The van der Waals surface area contributed by atoms with Gasteiger partial charge in [-0.3, -0.25) is 4.79 Å². The normalized spacial score (nSPS) is 11.6. The van der Waals surface area contributed by atoms with Crippen molar-refractivity contribution in [2.75, 3.05) is 7.11 Å². The summed E-state index contributed by atoms with van der Waals surface area (Å²) in [6.45, 7) is 6.48. The molecule has 4 heteroatoms. The van der Waals surface area contributed by atoms with E-state index in [2.05, 4.69) is 20.8 Å². The third-order valence-corrected chi connectivity index (χ3v) is 5.58. The summed E-state index contributed by atoms with van der Waals surface area (Å²) in [5.74, 6) is 0.746. The van der Waals surface area contributed by atoms with Crippen LogP contribution in [-0.4, -0.2) is 22.7 Å². The van der Waals surface area contributed by atoms with E-state index in [1.165, 1.54) is 5.56 Å².